The molecule has 0 atom stereocenters. The molecule has 3 rings (SSSR count). The van der Waals surface area contributed by atoms with Crippen LogP contribution in [0.15, 0.2) is 67.0 Å². The fourth-order valence-corrected chi connectivity index (χ4v) is 2.64. The number of aromatic nitrogens is 2. The molecular weight excluding hydrogens is 326 g/mol. The fourth-order valence-electron chi connectivity index (χ4n) is 2.64. The van der Waals surface area contributed by atoms with Crippen LogP contribution in [0, 0.1) is 0 Å². The minimum Gasteiger partial charge on any atom is -0.340 e. The molecule has 0 saturated heterocycles. The summed E-state index contributed by atoms with van der Waals surface area (Å²) in [6, 6.07) is 19.5. The third-order valence-corrected chi connectivity index (χ3v) is 3.79. The minimum atomic E-state index is -0.0910. The summed E-state index contributed by atoms with van der Waals surface area (Å²) in [5, 5.41) is 6.01. The van der Waals surface area contributed by atoms with Crippen molar-refractivity contribution in [2.45, 2.75) is 13.8 Å². The van der Waals surface area contributed by atoms with Gasteiger partial charge in [-0.1, -0.05) is 18.2 Å². The van der Waals surface area contributed by atoms with Gasteiger partial charge in [-0.15, -0.1) is 0 Å². The second kappa shape index (κ2) is 8.11. The lowest BCUT2D eigenvalue weighted by Gasteiger charge is -2.22. The molecular formula is C20H21N5O. The van der Waals surface area contributed by atoms with Crippen molar-refractivity contribution in [2.24, 2.45) is 0 Å². The van der Waals surface area contributed by atoms with Gasteiger partial charge in [0.05, 0.1) is 0 Å². The van der Waals surface area contributed by atoms with Gasteiger partial charge in [-0.05, 0) is 43.3 Å². The van der Waals surface area contributed by atoms with Crippen LogP contribution in [0.1, 0.15) is 13.8 Å². The average Bonchev–Trinajstić information content (AvgIpc) is 2.65. The van der Waals surface area contributed by atoms with E-state index < -0.39 is 0 Å². The van der Waals surface area contributed by atoms with Crippen LogP contribution in [-0.4, -0.2) is 22.4 Å². The summed E-state index contributed by atoms with van der Waals surface area (Å²) < 4.78 is 0. The molecule has 0 aliphatic heterocycles. The number of hydrogen-bond acceptors (Lipinski definition) is 5. The molecule has 0 bridgehead atoms. The second-order valence-corrected chi connectivity index (χ2v) is 5.72. The molecule has 132 valence electrons. The number of benzene rings is 2. The molecule has 1 heterocycles. The van der Waals surface area contributed by atoms with Gasteiger partial charge in [0.15, 0.2) is 0 Å². The van der Waals surface area contributed by atoms with E-state index in [4.69, 9.17) is 0 Å². The van der Waals surface area contributed by atoms with E-state index in [9.17, 15) is 4.79 Å². The van der Waals surface area contributed by atoms with Crippen molar-refractivity contribution in [1.82, 2.24) is 9.97 Å². The highest BCUT2D eigenvalue weighted by atomic mass is 16.1. The maximum Gasteiger partial charge on any atom is 0.221 e. The summed E-state index contributed by atoms with van der Waals surface area (Å²) in [5.74, 6) is 1.44. The van der Waals surface area contributed by atoms with Gasteiger partial charge in [-0.3, -0.25) is 4.79 Å². The molecule has 0 aliphatic carbocycles. The van der Waals surface area contributed by atoms with Crippen LogP contribution in [0.3, 0.4) is 0 Å². The largest absolute Gasteiger partial charge is 0.340 e. The van der Waals surface area contributed by atoms with E-state index in [0.717, 1.165) is 29.4 Å². The van der Waals surface area contributed by atoms with Gasteiger partial charge in [0.25, 0.3) is 0 Å². The summed E-state index contributed by atoms with van der Waals surface area (Å²) in [4.78, 5) is 21.9. The highest BCUT2D eigenvalue weighted by molar-refractivity contribution is 5.88. The summed E-state index contributed by atoms with van der Waals surface area (Å²) in [6.07, 6.45) is 1.55. The Balaban J connectivity index is 1.77. The van der Waals surface area contributed by atoms with Gasteiger partial charge < -0.3 is 15.5 Å². The van der Waals surface area contributed by atoms with E-state index in [2.05, 4.69) is 44.6 Å². The van der Waals surface area contributed by atoms with Crippen molar-refractivity contribution in [3.63, 3.8) is 0 Å². The predicted octanol–water partition coefficient (Wildman–Crippen LogP) is 4.34. The molecule has 26 heavy (non-hydrogen) atoms. The fraction of sp³-hybridized carbons (Fsp3) is 0.150. The van der Waals surface area contributed by atoms with Gasteiger partial charge in [0.2, 0.25) is 5.91 Å². The maximum atomic E-state index is 11.1. The Morgan fingerprint density at radius 3 is 2.35 bits per heavy atom. The van der Waals surface area contributed by atoms with Crippen LogP contribution in [0.4, 0.5) is 28.7 Å². The molecule has 0 saturated carbocycles. The van der Waals surface area contributed by atoms with Gasteiger partial charge in [0, 0.05) is 36.6 Å². The first-order valence-corrected chi connectivity index (χ1v) is 8.45. The van der Waals surface area contributed by atoms with E-state index >= 15 is 0 Å². The molecule has 6 nitrogen and oxygen atoms in total. The van der Waals surface area contributed by atoms with Crippen molar-refractivity contribution in [3.8, 4) is 0 Å². The Labute approximate surface area is 152 Å². The number of carbonyl (C=O) groups is 1. The lowest BCUT2D eigenvalue weighted by Crippen LogP contribution is -2.17. The standard InChI is InChI=1S/C20H21N5O/c1-3-25(18-7-5-4-6-8-18)20-13-19(21-14-22-20)24-17-11-9-16(10-12-17)23-15(2)26/h4-14H,3H2,1-2H3,(H,23,26)(H,21,22,24). The Morgan fingerprint density at radius 1 is 1.00 bits per heavy atom. The van der Waals surface area contributed by atoms with Crippen molar-refractivity contribution < 1.29 is 4.79 Å². The first-order chi connectivity index (χ1) is 12.7. The number of nitrogens with zero attached hydrogens (tertiary/aromatic N) is 3. The second-order valence-electron chi connectivity index (χ2n) is 5.72. The Hall–Kier alpha value is -3.41. The van der Waals surface area contributed by atoms with Crippen molar-refractivity contribution in [2.75, 3.05) is 22.1 Å². The number of carbonyl (C=O) groups excluding carboxylic acids is 1. The molecule has 0 spiro atoms. The minimum absolute atomic E-state index is 0.0910. The summed E-state index contributed by atoms with van der Waals surface area (Å²) in [7, 11) is 0. The molecule has 0 aliphatic rings. The van der Waals surface area contributed by atoms with E-state index in [1.54, 1.807) is 6.33 Å². The van der Waals surface area contributed by atoms with E-state index in [0.29, 0.717) is 5.82 Å². The topological polar surface area (TPSA) is 70.2 Å². The zero-order chi connectivity index (χ0) is 18.4. The first kappa shape index (κ1) is 17.4. The van der Waals surface area contributed by atoms with Crippen molar-refractivity contribution in [1.29, 1.82) is 0 Å². The lowest BCUT2D eigenvalue weighted by atomic mass is 10.2. The van der Waals surface area contributed by atoms with Gasteiger partial charge in [-0.2, -0.15) is 0 Å². The van der Waals surface area contributed by atoms with E-state index in [1.165, 1.54) is 6.92 Å². The van der Waals surface area contributed by atoms with Gasteiger partial charge >= 0.3 is 0 Å². The quantitative estimate of drug-likeness (QED) is 0.694. The molecule has 0 fully saturated rings. The molecule has 0 unspecified atom stereocenters. The average molecular weight is 347 g/mol. The van der Waals surface area contributed by atoms with E-state index in [-0.39, 0.29) is 5.91 Å². The summed E-state index contributed by atoms with van der Waals surface area (Å²) in [5.41, 5.74) is 2.72. The summed E-state index contributed by atoms with van der Waals surface area (Å²) >= 11 is 0. The molecule has 2 N–H and O–H groups in total. The molecule has 0 radical (unpaired) electrons. The highest BCUT2D eigenvalue weighted by Crippen LogP contribution is 2.25. The number of amides is 1. The molecule has 2 aromatic carbocycles. The highest BCUT2D eigenvalue weighted by Gasteiger charge is 2.09. The third-order valence-electron chi connectivity index (χ3n) is 3.79. The number of anilines is 5. The normalized spacial score (nSPS) is 10.2. The molecule has 1 aromatic heterocycles. The smallest absolute Gasteiger partial charge is 0.221 e. The van der Waals surface area contributed by atoms with Crippen molar-refractivity contribution >= 4 is 34.6 Å². The SMILES string of the molecule is CCN(c1ccccc1)c1cc(Nc2ccc(NC(C)=O)cc2)ncn1. The van der Waals surface area contributed by atoms with Crippen LogP contribution in [-0.2, 0) is 4.79 Å². The maximum absolute atomic E-state index is 11.1. The van der Waals surface area contributed by atoms with Crippen LogP contribution in [0.2, 0.25) is 0 Å². The number of hydrogen-bond donors (Lipinski definition) is 2. The van der Waals surface area contributed by atoms with Crippen LogP contribution in [0.25, 0.3) is 0 Å². The summed E-state index contributed by atoms with van der Waals surface area (Å²) in [6.45, 7) is 4.37. The lowest BCUT2D eigenvalue weighted by molar-refractivity contribution is -0.114. The molecule has 3 aromatic rings. The Morgan fingerprint density at radius 2 is 1.69 bits per heavy atom. The number of rotatable bonds is 6. The first-order valence-electron chi connectivity index (χ1n) is 8.45. The van der Waals surface area contributed by atoms with E-state index in [1.807, 2.05) is 48.5 Å². The third kappa shape index (κ3) is 4.36. The Kier molecular flexibility index (Phi) is 5.43. The molecule has 1 amide bonds. The molecule has 6 heteroatoms. The Bertz CT molecular complexity index is 865. The van der Waals surface area contributed by atoms with Crippen LogP contribution < -0.4 is 15.5 Å². The van der Waals surface area contributed by atoms with Crippen LogP contribution >= 0.6 is 0 Å². The number of nitrogens with one attached hydrogen (secondary N) is 2. The van der Waals surface area contributed by atoms with Crippen LogP contribution in [0.5, 0.6) is 0 Å². The van der Waals surface area contributed by atoms with Gasteiger partial charge in [0.1, 0.15) is 18.0 Å². The monoisotopic (exact) mass is 347 g/mol. The zero-order valence-corrected chi connectivity index (χ0v) is 14.8. The zero-order valence-electron chi connectivity index (χ0n) is 14.8. The predicted molar refractivity (Wildman–Crippen MR) is 105 cm³/mol. The van der Waals surface area contributed by atoms with Crippen molar-refractivity contribution in [3.05, 3.63) is 67.0 Å². The van der Waals surface area contributed by atoms with Gasteiger partial charge in [-0.25, -0.2) is 9.97 Å². The number of para-hydroxylation sites is 1.